The summed E-state index contributed by atoms with van der Waals surface area (Å²) in [5, 5.41) is 9.89. The molecular formula is C19H18BrN3O2. The number of carbonyl (C=O) groups is 1. The van der Waals surface area contributed by atoms with Crippen molar-refractivity contribution in [2.75, 3.05) is 6.61 Å². The van der Waals surface area contributed by atoms with Crippen molar-refractivity contribution in [1.82, 2.24) is 15.5 Å². The van der Waals surface area contributed by atoms with E-state index in [-0.39, 0.29) is 5.91 Å². The molecule has 1 amide bonds. The smallest absolute Gasteiger partial charge is 0.269 e. The quantitative estimate of drug-likeness (QED) is 0.653. The molecule has 1 aromatic heterocycles. The zero-order chi connectivity index (χ0) is 17.6. The third-order valence-corrected chi connectivity index (χ3v) is 4.12. The molecule has 1 heterocycles. The highest BCUT2D eigenvalue weighted by molar-refractivity contribution is 9.10. The first-order valence-corrected chi connectivity index (χ1v) is 8.76. The fraction of sp³-hybridized carbons (Fsp3) is 0.158. The van der Waals surface area contributed by atoms with Gasteiger partial charge in [-0.3, -0.25) is 9.89 Å². The summed E-state index contributed by atoms with van der Waals surface area (Å²) in [7, 11) is 0. The molecule has 0 bridgehead atoms. The second kappa shape index (κ2) is 7.98. The Hall–Kier alpha value is -2.60. The zero-order valence-corrected chi connectivity index (χ0v) is 15.3. The predicted molar refractivity (Wildman–Crippen MR) is 101 cm³/mol. The van der Waals surface area contributed by atoms with E-state index in [2.05, 4.69) is 31.4 Å². The Morgan fingerprint density at radius 1 is 1.20 bits per heavy atom. The number of rotatable bonds is 6. The van der Waals surface area contributed by atoms with Gasteiger partial charge in [0.1, 0.15) is 11.4 Å². The first-order chi connectivity index (χ1) is 12.2. The monoisotopic (exact) mass is 399 g/mol. The highest BCUT2D eigenvalue weighted by Gasteiger charge is 2.11. The molecular weight excluding hydrogens is 382 g/mol. The third-order valence-electron chi connectivity index (χ3n) is 3.63. The van der Waals surface area contributed by atoms with Gasteiger partial charge in [-0.25, -0.2) is 0 Å². The van der Waals surface area contributed by atoms with Crippen molar-refractivity contribution in [2.24, 2.45) is 0 Å². The lowest BCUT2D eigenvalue weighted by atomic mass is 10.1. The van der Waals surface area contributed by atoms with Gasteiger partial charge in [-0.2, -0.15) is 5.10 Å². The van der Waals surface area contributed by atoms with Gasteiger partial charge in [0, 0.05) is 16.6 Å². The average molecular weight is 400 g/mol. The number of hydrogen-bond donors (Lipinski definition) is 2. The number of nitrogens with one attached hydrogen (secondary N) is 2. The second-order valence-corrected chi connectivity index (χ2v) is 6.35. The fourth-order valence-corrected chi connectivity index (χ4v) is 2.85. The molecule has 5 nitrogen and oxygen atoms in total. The van der Waals surface area contributed by atoms with Crippen LogP contribution in [0.1, 0.15) is 23.0 Å². The number of aromatic amines is 1. The molecule has 0 fully saturated rings. The highest BCUT2D eigenvalue weighted by atomic mass is 79.9. The molecule has 25 heavy (non-hydrogen) atoms. The van der Waals surface area contributed by atoms with E-state index in [4.69, 9.17) is 4.74 Å². The summed E-state index contributed by atoms with van der Waals surface area (Å²) >= 11 is 3.42. The van der Waals surface area contributed by atoms with Gasteiger partial charge >= 0.3 is 0 Å². The van der Waals surface area contributed by atoms with E-state index in [0.717, 1.165) is 27.0 Å². The average Bonchev–Trinajstić information content (AvgIpc) is 3.11. The molecule has 0 saturated carbocycles. The molecule has 2 aromatic carbocycles. The topological polar surface area (TPSA) is 67.0 Å². The van der Waals surface area contributed by atoms with Gasteiger partial charge in [0.25, 0.3) is 5.91 Å². The van der Waals surface area contributed by atoms with Crippen molar-refractivity contribution in [3.05, 3.63) is 70.3 Å². The van der Waals surface area contributed by atoms with Crippen LogP contribution in [0.25, 0.3) is 11.3 Å². The lowest BCUT2D eigenvalue weighted by Crippen LogP contribution is -2.23. The third kappa shape index (κ3) is 4.48. The molecule has 0 saturated heterocycles. The summed E-state index contributed by atoms with van der Waals surface area (Å²) in [5.74, 6) is 0.624. The number of H-pyrrole nitrogens is 1. The fourth-order valence-electron chi connectivity index (χ4n) is 2.40. The molecule has 0 aliphatic rings. The highest BCUT2D eigenvalue weighted by Crippen LogP contribution is 2.21. The molecule has 2 N–H and O–H groups in total. The van der Waals surface area contributed by atoms with Gasteiger partial charge in [-0.15, -0.1) is 0 Å². The summed E-state index contributed by atoms with van der Waals surface area (Å²) in [4.78, 5) is 12.3. The van der Waals surface area contributed by atoms with Crippen molar-refractivity contribution in [2.45, 2.75) is 13.5 Å². The molecule has 0 atom stereocenters. The second-order valence-electron chi connectivity index (χ2n) is 5.44. The van der Waals surface area contributed by atoms with Crippen LogP contribution in [0.15, 0.2) is 59.1 Å². The Bertz CT molecular complexity index is 859. The van der Waals surface area contributed by atoms with E-state index >= 15 is 0 Å². The lowest BCUT2D eigenvalue weighted by Gasteiger charge is -2.04. The first-order valence-electron chi connectivity index (χ1n) is 7.97. The van der Waals surface area contributed by atoms with Crippen LogP contribution in [0, 0.1) is 0 Å². The van der Waals surface area contributed by atoms with Crippen LogP contribution in [0.2, 0.25) is 0 Å². The Labute approximate surface area is 154 Å². The lowest BCUT2D eigenvalue weighted by molar-refractivity contribution is 0.0946. The van der Waals surface area contributed by atoms with Gasteiger partial charge in [-0.05, 0) is 55.0 Å². The van der Waals surface area contributed by atoms with Gasteiger partial charge in [0.2, 0.25) is 0 Å². The van der Waals surface area contributed by atoms with Crippen molar-refractivity contribution >= 4 is 21.8 Å². The number of nitrogens with zero attached hydrogens (tertiary/aromatic N) is 1. The van der Waals surface area contributed by atoms with Crippen LogP contribution in [-0.2, 0) is 6.54 Å². The SMILES string of the molecule is CCOc1ccc(-c2cc(C(=O)NCc3cccc(Br)c3)[nH]n2)cc1. The van der Waals surface area contributed by atoms with Crippen LogP contribution >= 0.6 is 15.9 Å². The summed E-state index contributed by atoms with van der Waals surface area (Å²) in [6, 6.07) is 17.2. The van der Waals surface area contributed by atoms with Gasteiger partial charge in [0.15, 0.2) is 0 Å². The number of ether oxygens (including phenoxy) is 1. The summed E-state index contributed by atoms with van der Waals surface area (Å²) in [6.45, 7) is 3.03. The van der Waals surface area contributed by atoms with E-state index in [1.54, 1.807) is 6.07 Å². The van der Waals surface area contributed by atoms with Crippen LogP contribution in [0.4, 0.5) is 0 Å². The Morgan fingerprint density at radius 2 is 2.00 bits per heavy atom. The van der Waals surface area contributed by atoms with Gasteiger partial charge < -0.3 is 10.1 Å². The minimum Gasteiger partial charge on any atom is -0.494 e. The molecule has 0 radical (unpaired) electrons. The maximum Gasteiger partial charge on any atom is 0.269 e. The summed E-state index contributed by atoms with van der Waals surface area (Å²) in [6.07, 6.45) is 0. The van der Waals surface area contributed by atoms with Crippen LogP contribution in [0.3, 0.4) is 0 Å². The maximum absolute atomic E-state index is 12.3. The van der Waals surface area contributed by atoms with E-state index in [9.17, 15) is 4.79 Å². The standard InChI is InChI=1S/C19H18BrN3O2/c1-2-25-16-8-6-14(7-9-16)17-11-18(23-22-17)19(24)21-12-13-4-3-5-15(20)10-13/h3-11H,2,12H2,1H3,(H,21,24)(H,22,23). The van der Waals surface area contributed by atoms with Gasteiger partial charge in [0.05, 0.1) is 12.3 Å². The van der Waals surface area contributed by atoms with Crippen LogP contribution in [-0.4, -0.2) is 22.7 Å². The maximum atomic E-state index is 12.3. The Morgan fingerprint density at radius 3 is 2.72 bits per heavy atom. The van der Waals surface area contributed by atoms with E-state index < -0.39 is 0 Å². The summed E-state index contributed by atoms with van der Waals surface area (Å²) < 4.78 is 6.41. The van der Waals surface area contributed by atoms with E-state index in [1.165, 1.54) is 0 Å². The normalized spacial score (nSPS) is 10.5. The zero-order valence-electron chi connectivity index (χ0n) is 13.8. The number of carbonyl (C=O) groups excluding carboxylic acids is 1. The van der Waals surface area contributed by atoms with Gasteiger partial charge in [-0.1, -0.05) is 28.1 Å². The van der Waals surface area contributed by atoms with Crippen molar-refractivity contribution in [1.29, 1.82) is 0 Å². The molecule has 128 valence electrons. The molecule has 3 rings (SSSR count). The molecule has 0 unspecified atom stereocenters. The number of halogens is 1. The number of amides is 1. The minimum absolute atomic E-state index is 0.190. The molecule has 0 aliphatic carbocycles. The molecule has 0 aliphatic heterocycles. The molecule has 0 spiro atoms. The largest absolute Gasteiger partial charge is 0.494 e. The van der Waals surface area contributed by atoms with E-state index in [1.807, 2.05) is 55.5 Å². The van der Waals surface area contributed by atoms with Crippen LogP contribution in [0.5, 0.6) is 5.75 Å². The molecule has 6 heteroatoms. The van der Waals surface area contributed by atoms with Crippen molar-refractivity contribution in [3.8, 4) is 17.0 Å². The first kappa shape index (κ1) is 17.2. The van der Waals surface area contributed by atoms with Crippen molar-refractivity contribution < 1.29 is 9.53 Å². The minimum atomic E-state index is -0.190. The van der Waals surface area contributed by atoms with Crippen molar-refractivity contribution in [3.63, 3.8) is 0 Å². The van der Waals surface area contributed by atoms with E-state index in [0.29, 0.717) is 18.8 Å². The Balaban J connectivity index is 1.65. The Kier molecular flexibility index (Phi) is 5.50. The summed E-state index contributed by atoms with van der Waals surface area (Å²) in [5.41, 5.74) is 3.09. The van der Waals surface area contributed by atoms with Crippen LogP contribution < -0.4 is 10.1 Å². The molecule has 3 aromatic rings. The number of benzene rings is 2. The number of hydrogen-bond acceptors (Lipinski definition) is 3. The predicted octanol–water partition coefficient (Wildman–Crippen LogP) is 4.17. The number of aromatic nitrogens is 2.